The molecule has 1 saturated heterocycles. The van der Waals surface area contributed by atoms with Crippen molar-refractivity contribution >= 4 is 10.0 Å². The summed E-state index contributed by atoms with van der Waals surface area (Å²) in [4.78, 5) is 0. The fourth-order valence-electron chi connectivity index (χ4n) is 1.47. The topological polar surface area (TPSA) is 49.4 Å². The first kappa shape index (κ1) is 10.7. The Labute approximate surface area is 79.7 Å². The number of nitrogens with zero attached hydrogens (tertiary/aromatic N) is 1. The van der Waals surface area contributed by atoms with Crippen molar-refractivity contribution in [2.24, 2.45) is 0 Å². The van der Waals surface area contributed by atoms with Crippen LogP contribution in [0.3, 0.4) is 0 Å². The summed E-state index contributed by atoms with van der Waals surface area (Å²) in [5.74, 6) is 0.0451. The van der Waals surface area contributed by atoms with Crippen LogP contribution in [0, 0.1) is 0 Å². The smallest absolute Gasteiger partial charge is 0.217 e. The van der Waals surface area contributed by atoms with Crippen LogP contribution >= 0.6 is 0 Å². The molecule has 0 aromatic heterocycles. The van der Waals surface area contributed by atoms with Crippen LogP contribution in [0.25, 0.3) is 0 Å². The van der Waals surface area contributed by atoms with Crippen LogP contribution in [0.2, 0.25) is 0 Å². The molecule has 13 heavy (non-hydrogen) atoms. The van der Waals surface area contributed by atoms with Gasteiger partial charge >= 0.3 is 0 Å². The molecule has 1 unspecified atom stereocenters. The lowest BCUT2D eigenvalue weighted by Crippen LogP contribution is -2.34. The highest BCUT2D eigenvalue weighted by atomic mass is 32.2. The summed E-state index contributed by atoms with van der Waals surface area (Å²) in [6.45, 7) is 4.65. The lowest BCUT2D eigenvalue weighted by atomic mass is 10.3. The monoisotopic (exact) mass is 204 g/mol. The molecule has 1 fully saturated rings. The van der Waals surface area contributed by atoms with E-state index >= 15 is 0 Å². The largest absolute Gasteiger partial charge is 0.316 e. The first-order valence-corrected chi connectivity index (χ1v) is 5.97. The van der Waals surface area contributed by atoms with Crippen LogP contribution in [-0.4, -0.2) is 44.7 Å². The molecule has 5 heteroatoms. The Morgan fingerprint density at radius 1 is 1.69 bits per heavy atom. The molecule has 4 nitrogen and oxygen atoms in total. The molecule has 0 saturated carbocycles. The molecule has 0 spiro atoms. The van der Waals surface area contributed by atoms with Crippen molar-refractivity contribution in [1.82, 2.24) is 9.62 Å². The summed E-state index contributed by atoms with van der Waals surface area (Å²) < 4.78 is 24.6. The minimum atomic E-state index is -3.08. The third-order valence-electron chi connectivity index (χ3n) is 2.28. The van der Waals surface area contributed by atoms with Gasteiger partial charge in [-0.15, -0.1) is 6.58 Å². The highest BCUT2D eigenvalue weighted by molar-refractivity contribution is 7.89. The van der Waals surface area contributed by atoms with Crippen LogP contribution in [0.5, 0.6) is 0 Å². The van der Waals surface area contributed by atoms with Crippen molar-refractivity contribution in [3.63, 3.8) is 0 Å². The van der Waals surface area contributed by atoms with E-state index in [-0.39, 0.29) is 5.75 Å². The Morgan fingerprint density at radius 2 is 2.38 bits per heavy atom. The van der Waals surface area contributed by atoms with E-state index in [9.17, 15) is 8.42 Å². The summed E-state index contributed by atoms with van der Waals surface area (Å²) >= 11 is 0. The molecule has 1 heterocycles. The summed E-state index contributed by atoms with van der Waals surface area (Å²) in [5, 5.41) is 3.08. The minimum absolute atomic E-state index is 0.0451. The highest BCUT2D eigenvalue weighted by Gasteiger charge is 2.29. The zero-order chi connectivity index (χ0) is 9.90. The van der Waals surface area contributed by atoms with Crippen molar-refractivity contribution < 1.29 is 8.42 Å². The molecule has 0 aromatic carbocycles. The predicted octanol–water partition coefficient (Wildman–Crippen LogP) is -0.204. The van der Waals surface area contributed by atoms with Crippen molar-refractivity contribution in [1.29, 1.82) is 0 Å². The van der Waals surface area contributed by atoms with Crippen LogP contribution < -0.4 is 5.32 Å². The van der Waals surface area contributed by atoms with Gasteiger partial charge in [0.2, 0.25) is 10.0 Å². The molecule has 1 aliphatic rings. The molecule has 0 radical (unpaired) electrons. The molecule has 1 rings (SSSR count). The van der Waals surface area contributed by atoms with Crippen molar-refractivity contribution in [3.8, 4) is 0 Å². The Balaban J connectivity index is 2.60. The molecular weight excluding hydrogens is 188 g/mol. The number of nitrogens with one attached hydrogen (secondary N) is 1. The van der Waals surface area contributed by atoms with Gasteiger partial charge in [0.1, 0.15) is 0 Å². The average molecular weight is 204 g/mol. The number of hydrogen-bond acceptors (Lipinski definition) is 3. The lowest BCUT2D eigenvalue weighted by molar-refractivity contribution is 0.467. The fraction of sp³-hybridized carbons (Fsp3) is 0.750. The second-order valence-corrected chi connectivity index (χ2v) is 5.21. The van der Waals surface area contributed by atoms with Gasteiger partial charge in [-0.25, -0.2) is 12.7 Å². The van der Waals surface area contributed by atoms with Gasteiger partial charge in [-0.1, -0.05) is 6.08 Å². The first-order valence-electron chi connectivity index (χ1n) is 4.36. The van der Waals surface area contributed by atoms with E-state index in [1.54, 1.807) is 0 Å². The van der Waals surface area contributed by atoms with Gasteiger partial charge in [0.25, 0.3) is 0 Å². The van der Waals surface area contributed by atoms with E-state index in [1.165, 1.54) is 10.4 Å². The third kappa shape index (κ3) is 2.52. The second kappa shape index (κ2) is 4.21. The SMILES string of the molecule is C=CCS(=O)(=O)N1CCC(NC)C1. The number of hydrogen-bond donors (Lipinski definition) is 1. The van der Waals surface area contributed by atoms with Crippen molar-refractivity contribution in [2.45, 2.75) is 12.5 Å². The second-order valence-electron chi connectivity index (χ2n) is 3.20. The Morgan fingerprint density at radius 3 is 2.85 bits per heavy atom. The van der Waals surface area contributed by atoms with Gasteiger partial charge in [0.15, 0.2) is 0 Å². The highest BCUT2D eigenvalue weighted by Crippen LogP contribution is 2.13. The average Bonchev–Trinajstić information content (AvgIpc) is 2.52. The predicted molar refractivity (Wildman–Crippen MR) is 53.0 cm³/mol. The summed E-state index contributed by atoms with van der Waals surface area (Å²) in [6.07, 6.45) is 2.33. The van der Waals surface area contributed by atoms with Gasteiger partial charge in [0.05, 0.1) is 5.75 Å². The quantitative estimate of drug-likeness (QED) is 0.645. The van der Waals surface area contributed by atoms with Crippen molar-refractivity contribution in [2.75, 3.05) is 25.9 Å². The van der Waals surface area contributed by atoms with E-state index in [0.717, 1.165) is 6.42 Å². The van der Waals surface area contributed by atoms with E-state index in [2.05, 4.69) is 11.9 Å². The molecule has 0 aliphatic carbocycles. The van der Waals surface area contributed by atoms with Crippen LogP contribution in [-0.2, 0) is 10.0 Å². The number of sulfonamides is 1. The van der Waals surface area contributed by atoms with E-state index in [1.807, 2.05) is 7.05 Å². The maximum atomic E-state index is 11.5. The van der Waals surface area contributed by atoms with Gasteiger partial charge in [-0.05, 0) is 13.5 Å². The molecule has 0 aromatic rings. The Hall–Kier alpha value is -0.390. The van der Waals surface area contributed by atoms with Crippen molar-refractivity contribution in [3.05, 3.63) is 12.7 Å². The summed E-state index contributed by atoms with van der Waals surface area (Å²) in [7, 11) is -1.22. The Kier molecular flexibility index (Phi) is 3.47. The zero-order valence-electron chi connectivity index (χ0n) is 7.86. The number of likely N-dealkylation sites (N-methyl/N-ethyl adjacent to an activating group) is 1. The normalized spacial score (nSPS) is 24.8. The molecule has 0 bridgehead atoms. The van der Waals surface area contributed by atoms with E-state index < -0.39 is 10.0 Å². The van der Waals surface area contributed by atoms with Crippen LogP contribution in [0.4, 0.5) is 0 Å². The van der Waals surface area contributed by atoms with E-state index in [4.69, 9.17) is 0 Å². The molecule has 1 atom stereocenters. The zero-order valence-corrected chi connectivity index (χ0v) is 8.68. The molecule has 1 N–H and O–H groups in total. The van der Waals surface area contributed by atoms with Gasteiger partial charge < -0.3 is 5.32 Å². The van der Waals surface area contributed by atoms with E-state index in [0.29, 0.717) is 19.1 Å². The molecule has 1 aliphatic heterocycles. The molecule has 0 amide bonds. The van der Waals surface area contributed by atoms with Crippen LogP contribution in [0.15, 0.2) is 12.7 Å². The lowest BCUT2D eigenvalue weighted by Gasteiger charge is -2.14. The standard InChI is InChI=1S/C8H16N2O2S/c1-3-6-13(11,12)10-5-4-8(7-10)9-2/h3,8-9H,1,4-7H2,2H3. The summed E-state index contributed by atoms with van der Waals surface area (Å²) in [6, 6.07) is 0.305. The summed E-state index contributed by atoms with van der Waals surface area (Å²) in [5.41, 5.74) is 0. The third-order valence-corrected chi connectivity index (χ3v) is 4.06. The Bertz CT molecular complexity index is 274. The first-order chi connectivity index (χ1) is 6.10. The fourth-order valence-corrected chi connectivity index (χ4v) is 2.77. The number of rotatable bonds is 4. The van der Waals surface area contributed by atoms with Gasteiger partial charge in [-0.3, -0.25) is 0 Å². The maximum Gasteiger partial charge on any atom is 0.217 e. The van der Waals surface area contributed by atoms with Gasteiger partial charge in [-0.2, -0.15) is 0 Å². The minimum Gasteiger partial charge on any atom is -0.316 e. The molecule has 76 valence electrons. The maximum absolute atomic E-state index is 11.5. The molecular formula is C8H16N2O2S. The van der Waals surface area contributed by atoms with Gasteiger partial charge in [0, 0.05) is 19.1 Å². The van der Waals surface area contributed by atoms with Crippen LogP contribution in [0.1, 0.15) is 6.42 Å².